The molecule has 0 bridgehead atoms. The fourth-order valence-corrected chi connectivity index (χ4v) is 4.63. The van der Waals surface area contributed by atoms with Crippen molar-refractivity contribution in [1.29, 1.82) is 0 Å². The van der Waals surface area contributed by atoms with Gasteiger partial charge in [0.25, 0.3) is 5.91 Å². The lowest BCUT2D eigenvalue weighted by Crippen LogP contribution is -2.42. The average molecular weight is 388 g/mol. The zero-order valence-corrected chi connectivity index (χ0v) is 17.2. The summed E-state index contributed by atoms with van der Waals surface area (Å²) in [4.78, 5) is 26.3. The van der Waals surface area contributed by atoms with E-state index < -0.39 is 0 Å². The summed E-state index contributed by atoms with van der Waals surface area (Å²) in [6.07, 6.45) is 8.45. The Balaban J connectivity index is 1.41. The van der Waals surface area contributed by atoms with Gasteiger partial charge >= 0.3 is 0 Å². The summed E-state index contributed by atoms with van der Waals surface area (Å²) in [7, 11) is 0. The molecule has 154 valence electrons. The molecule has 0 aromatic carbocycles. The maximum atomic E-state index is 13.1. The number of rotatable bonds is 4. The zero-order valence-electron chi connectivity index (χ0n) is 17.2. The number of amides is 1. The van der Waals surface area contributed by atoms with Crippen molar-refractivity contribution in [1.82, 2.24) is 14.9 Å². The van der Waals surface area contributed by atoms with E-state index in [-0.39, 0.29) is 18.1 Å². The van der Waals surface area contributed by atoms with Gasteiger partial charge in [-0.25, -0.2) is 9.97 Å². The molecule has 2 N–H and O–H groups in total. The standard InChI is InChI=1S/C21H33N5O2/c1-14-15(2)23-19(24-20(14)26-10-7-16(22)13-26)21(27)25-11-8-18(9-12-25)28-17-5-3-4-6-17/h16-18H,3-13,22H2,1-2H3/t16-/m1/s1. The first-order chi connectivity index (χ1) is 13.5. The number of piperidine rings is 1. The van der Waals surface area contributed by atoms with Gasteiger partial charge < -0.3 is 20.3 Å². The Morgan fingerprint density at radius 2 is 1.68 bits per heavy atom. The van der Waals surface area contributed by atoms with Gasteiger partial charge in [-0.2, -0.15) is 0 Å². The van der Waals surface area contributed by atoms with Crippen LogP contribution in [0.4, 0.5) is 5.82 Å². The quantitative estimate of drug-likeness (QED) is 0.853. The number of likely N-dealkylation sites (tertiary alicyclic amines) is 1. The Morgan fingerprint density at radius 1 is 1.00 bits per heavy atom. The molecule has 4 rings (SSSR count). The molecule has 1 aromatic rings. The first kappa shape index (κ1) is 19.6. The molecule has 2 aliphatic heterocycles. The van der Waals surface area contributed by atoms with Gasteiger partial charge in [-0.15, -0.1) is 0 Å². The number of hydrogen-bond donors (Lipinski definition) is 1. The number of ether oxygens (including phenoxy) is 1. The van der Waals surface area contributed by atoms with E-state index in [1.54, 1.807) is 0 Å². The largest absolute Gasteiger partial charge is 0.375 e. The highest BCUT2D eigenvalue weighted by molar-refractivity contribution is 5.91. The lowest BCUT2D eigenvalue weighted by molar-refractivity contribution is -0.0359. The molecular weight excluding hydrogens is 354 g/mol. The number of nitrogens with zero attached hydrogens (tertiary/aromatic N) is 4. The predicted octanol–water partition coefficient (Wildman–Crippen LogP) is 2.19. The average Bonchev–Trinajstić information content (AvgIpc) is 3.35. The maximum absolute atomic E-state index is 13.1. The van der Waals surface area contributed by atoms with Crippen LogP contribution in [0.5, 0.6) is 0 Å². The summed E-state index contributed by atoms with van der Waals surface area (Å²) in [5, 5.41) is 0. The Hall–Kier alpha value is -1.73. The van der Waals surface area contributed by atoms with Crippen LogP contribution >= 0.6 is 0 Å². The lowest BCUT2D eigenvalue weighted by Gasteiger charge is -2.33. The van der Waals surface area contributed by atoms with E-state index in [1.807, 2.05) is 18.7 Å². The van der Waals surface area contributed by atoms with Crippen molar-refractivity contribution >= 4 is 11.7 Å². The minimum Gasteiger partial charge on any atom is -0.375 e. The van der Waals surface area contributed by atoms with Crippen molar-refractivity contribution in [3.05, 3.63) is 17.1 Å². The minimum absolute atomic E-state index is 0.0628. The third-order valence-corrected chi connectivity index (χ3v) is 6.50. The molecule has 7 nitrogen and oxygen atoms in total. The summed E-state index contributed by atoms with van der Waals surface area (Å²) >= 11 is 0. The summed E-state index contributed by atoms with van der Waals surface area (Å²) < 4.78 is 6.23. The molecule has 1 saturated carbocycles. The third-order valence-electron chi connectivity index (χ3n) is 6.50. The van der Waals surface area contributed by atoms with E-state index in [2.05, 4.69) is 14.9 Å². The Morgan fingerprint density at radius 3 is 2.32 bits per heavy atom. The van der Waals surface area contributed by atoms with E-state index in [1.165, 1.54) is 25.7 Å². The second-order valence-corrected chi connectivity index (χ2v) is 8.61. The van der Waals surface area contributed by atoms with Crippen LogP contribution in [0, 0.1) is 13.8 Å². The molecular formula is C21H33N5O2. The normalized spacial score (nSPS) is 24.3. The number of nitrogens with two attached hydrogens (primary N) is 1. The van der Waals surface area contributed by atoms with Crippen LogP contribution in [0.3, 0.4) is 0 Å². The number of anilines is 1. The van der Waals surface area contributed by atoms with Crippen molar-refractivity contribution in [3.63, 3.8) is 0 Å². The van der Waals surface area contributed by atoms with Gasteiger partial charge in [-0.05, 0) is 46.0 Å². The summed E-state index contributed by atoms with van der Waals surface area (Å²) in [5.41, 5.74) is 7.97. The smallest absolute Gasteiger partial charge is 0.291 e. The van der Waals surface area contributed by atoms with Crippen LogP contribution in [0.15, 0.2) is 0 Å². The highest BCUT2D eigenvalue weighted by Crippen LogP contribution is 2.27. The van der Waals surface area contributed by atoms with Crippen molar-refractivity contribution in [2.24, 2.45) is 5.73 Å². The SMILES string of the molecule is Cc1nc(C(=O)N2CCC(OC3CCCC3)CC2)nc(N2CC[C@@H](N)C2)c1C. The van der Waals surface area contributed by atoms with Crippen molar-refractivity contribution in [3.8, 4) is 0 Å². The van der Waals surface area contributed by atoms with Gasteiger partial charge in [-0.1, -0.05) is 12.8 Å². The molecule has 0 unspecified atom stereocenters. The van der Waals surface area contributed by atoms with Crippen molar-refractivity contribution < 1.29 is 9.53 Å². The molecule has 2 saturated heterocycles. The monoisotopic (exact) mass is 387 g/mol. The van der Waals surface area contributed by atoms with Gasteiger partial charge in [0.1, 0.15) is 5.82 Å². The van der Waals surface area contributed by atoms with Crippen LogP contribution in [-0.2, 0) is 4.74 Å². The van der Waals surface area contributed by atoms with Gasteiger partial charge in [0, 0.05) is 43.5 Å². The molecule has 0 spiro atoms. The zero-order chi connectivity index (χ0) is 19.7. The second-order valence-electron chi connectivity index (χ2n) is 8.61. The number of carbonyl (C=O) groups is 1. The Kier molecular flexibility index (Phi) is 5.83. The first-order valence-corrected chi connectivity index (χ1v) is 10.8. The molecule has 3 heterocycles. The number of hydrogen-bond acceptors (Lipinski definition) is 6. The fraction of sp³-hybridized carbons (Fsp3) is 0.762. The molecule has 28 heavy (non-hydrogen) atoms. The number of carbonyl (C=O) groups excluding carboxylic acids is 1. The topological polar surface area (TPSA) is 84.6 Å². The maximum Gasteiger partial charge on any atom is 0.291 e. The van der Waals surface area contributed by atoms with Crippen LogP contribution in [-0.4, -0.2) is 65.2 Å². The van der Waals surface area contributed by atoms with E-state index in [0.29, 0.717) is 11.9 Å². The molecule has 3 aliphatic rings. The molecule has 1 aliphatic carbocycles. The minimum atomic E-state index is -0.0628. The van der Waals surface area contributed by atoms with E-state index >= 15 is 0 Å². The van der Waals surface area contributed by atoms with Crippen LogP contribution in [0.2, 0.25) is 0 Å². The number of aryl methyl sites for hydroxylation is 1. The Bertz CT molecular complexity index is 711. The second kappa shape index (κ2) is 8.33. The van der Waals surface area contributed by atoms with Gasteiger partial charge in [0.15, 0.2) is 0 Å². The predicted molar refractivity (Wildman–Crippen MR) is 109 cm³/mol. The molecule has 1 aromatic heterocycles. The summed E-state index contributed by atoms with van der Waals surface area (Å²) in [5.74, 6) is 1.11. The highest BCUT2D eigenvalue weighted by Gasteiger charge is 2.30. The highest BCUT2D eigenvalue weighted by atomic mass is 16.5. The molecule has 1 atom stereocenters. The Labute approximate surface area is 167 Å². The van der Waals surface area contributed by atoms with Crippen LogP contribution < -0.4 is 10.6 Å². The molecule has 3 fully saturated rings. The molecule has 7 heteroatoms. The van der Waals surface area contributed by atoms with E-state index in [0.717, 1.165) is 62.5 Å². The molecule has 0 radical (unpaired) electrons. The van der Waals surface area contributed by atoms with Gasteiger partial charge in [-0.3, -0.25) is 4.79 Å². The van der Waals surface area contributed by atoms with Crippen LogP contribution in [0.1, 0.15) is 66.8 Å². The number of aromatic nitrogens is 2. The summed E-state index contributed by atoms with van der Waals surface area (Å²) in [6, 6.07) is 0.174. The summed E-state index contributed by atoms with van der Waals surface area (Å²) in [6.45, 7) is 7.08. The van der Waals surface area contributed by atoms with E-state index in [4.69, 9.17) is 10.5 Å². The lowest BCUT2D eigenvalue weighted by atomic mass is 10.1. The molecule has 1 amide bonds. The van der Waals surface area contributed by atoms with E-state index in [9.17, 15) is 4.79 Å². The fourth-order valence-electron chi connectivity index (χ4n) is 4.63. The van der Waals surface area contributed by atoms with Gasteiger partial charge in [0.2, 0.25) is 5.82 Å². The third kappa shape index (κ3) is 4.15. The first-order valence-electron chi connectivity index (χ1n) is 10.8. The van der Waals surface area contributed by atoms with Crippen molar-refractivity contribution in [2.75, 3.05) is 31.1 Å². The van der Waals surface area contributed by atoms with Crippen LogP contribution in [0.25, 0.3) is 0 Å². The van der Waals surface area contributed by atoms with Crippen molar-refractivity contribution in [2.45, 2.75) is 77.0 Å². The van der Waals surface area contributed by atoms with Gasteiger partial charge in [0.05, 0.1) is 12.2 Å².